The summed E-state index contributed by atoms with van der Waals surface area (Å²) in [4.78, 5) is 15.9. The number of carbonyl (C=O) groups is 1. The van der Waals surface area contributed by atoms with E-state index in [0.717, 1.165) is 52.0 Å². The molecule has 6 heteroatoms. The molecule has 1 N–H and O–H groups in total. The summed E-state index contributed by atoms with van der Waals surface area (Å²) >= 11 is 3.61. The maximum atomic E-state index is 12.6. The second-order valence-electron chi connectivity index (χ2n) is 6.03. The smallest absolute Gasteiger partial charge is 0.317 e. The van der Waals surface area contributed by atoms with Crippen molar-refractivity contribution in [1.29, 1.82) is 0 Å². The molecule has 1 atom stereocenters. The van der Waals surface area contributed by atoms with Gasteiger partial charge >= 0.3 is 6.03 Å². The molecule has 3 heterocycles. The Balaban J connectivity index is 1.59. The minimum Gasteiger partial charge on any atom is -0.381 e. The van der Waals surface area contributed by atoms with Gasteiger partial charge in [-0.05, 0) is 43.4 Å². The molecule has 2 amide bonds. The van der Waals surface area contributed by atoms with Crippen molar-refractivity contribution in [1.82, 2.24) is 10.2 Å². The van der Waals surface area contributed by atoms with E-state index in [1.807, 2.05) is 16.7 Å². The lowest BCUT2D eigenvalue weighted by molar-refractivity contribution is 0.0771. The van der Waals surface area contributed by atoms with E-state index in [4.69, 9.17) is 4.74 Å². The second-order valence-corrected chi connectivity index (χ2v) is 8.28. The van der Waals surface area contributed by atoms with Crippen molar-refractivity contribution in [3.05, 3.63) is 22.4 Å². The quantitative estimate of drug-likeness (QED) is 0.912. The van der Waals surface area contributed by atoms with Crippen LogP contribution in [0.15, 0.2) is 17.5 Å². The van der Waals surface area contributed by atoms with Gasteiger partial charge in [-0.1, -0.05) is 6.07 Å². The van der Waals surface area contributed by atoms with Gasteiger partial charge in [0.05, 0.1) is 6.04 Å². The summed E-state index contributed by atoms with van der Waals surface area (Å²) in [5.41, 5.74) is 0. The van der Waals surface area contributed by atoms with Crippen molar-refractivity contribution in [2.24, 2.45) is 0 Å². The third-order valence-corrected chi connectivity index (χ3v) is 7.18. The van der Waals surface area contributed by atoms with Crippen LogP contribution in [0.5, 0.6) is 0 Å². The largest absolute Gasteiger partial charge is 0.381 e. The van der Waals surface area contributed by atoms with Crippen molar-refractivity contribution in [2.45, 2.75) is 36.5 Å². The minimum atomic E-state index is 0.0933. The topological polar surface area (TPSA) is 41.6 Å². The maximum absolute atomic E-state index is 12.6. The zero-order chi connectivity index (χ0) is 15.4. The van der Waals surface area contributed by atoms with Crippen LogP contribution in [0.1, 0.15) is 36.6 Å². The molecule has 22 heavy (non-hydrogen) atoms. The molecule has 0 radical (unpaired) electrons. The van der Waals surface area contributed by atoms with Crippen LogP contribution >= 0.6 is 23.1 Å². The molecule has 2 aliphatic heterocycles. The van der Waals surface area contributed by atoms with Crippen LogP contribution in [-0.2, 0) is 4.74 Å². The molecular weight excluding hydrogens is 316 g/mol. The Morgan fingerprint density at radius 1 is 1.55 bits per heavy atom. The average Bonchev–Trinajstić information content (AvgIpc) is 3.24. The number of nitrogens with one attached hydrogen (secondary N) is 1. The molecule has 4 nitrogen and oxygen atoms in total. The summed E-state index contributed by atoms with van der Waals surface area (Å²) in [5.74, 6) is 0. The van der Waals surface area contributed by atoms with E-state index in [0.29, 0.717) is 0 Å². The number of nitrogens with zero attached hydrogens (tertiary/aromatic N) is 1. The Bertz CT molecular complexity index is 486. The summed E-state index contributed by atoms with van der Waals surface area (Å²) in [6.07, 6.45) is 6.35. The number of carbonyl (C=O) groups excluding carboxylic acids is 1. The van der Waals surface area contributed by atoms with Crippen LogP contribution < -0.4 is 5.32 Å². The Morgan fingerprint density at radius 2 is 2.36 bits per heavy atom. The highest BCUT2D eigenvalue weighted by atomic mass is 32.2. The number of hydrogen-bond acceptors (Lipinski definition) is 4. The van der Waals surface area contributed by atoms with Crippen LogP contribution in [0.3, 0.4) is 0 Å². The summed E-state index contributed by atoms with van der Waals surface area (Å²) in [7, 11) is 0. The van der Waals surface area contributed by atoms with Crippen molar-refractivity contribution < 1.29 is 9.53 Å². The SMILES string of the molecule is CSC1(CNC(=O)N2CCC[C@H]2c2cccs2)CCOCC1. The summed E-state index contributed by atoms with van der Waals surface area (Å²) < 4.78 is 5.61. The Kier molecular flexibility index (Phi) is 5.31. The van der Waals surface area contributed by atoms with E-state index in [-0.39, 0.29) is 16.8 Å². The maximum Gasteiger partial charge on any atom is 0.317 e. The number of urea groups is 1. The highest BCUT2D eigenvalue weighted by Gasteiger charge is 2.35. The van der Waals surface area contributed by atoms with Gasteiger partial charge in [0.25, 0.3) is 0 Å². The van der Waals surface area contributed by atoms with E-state index in [9.17, 15) is 4.79 Å². The fourth-order valence-corrected chi connectivity index (χ4v) is 4.99. The average molecular weight is 341 g/mol. The molecule has 2 aliphatic rings. The molecule has 0 saturated carbocycles. The highest BCUT2D eigenvalue weighted by molar-refractivity contribution is 8.00. The molecule has 0 aliphatic carbocycles. The fraction of sp³-hybridized carbons (Fsp3) is 0.688. The lowest BCUT2D eigenvalue weighted by Gasteiger charge is -2.36. The van der Waals surface area contributed by atoms with Gasteiger partial charge in [-0.15, -0.1) is 11.3 Å². The molecule has 1 aromatic heterocycles. The molecule has 0 bridgehead atoms. The third kappa shape index (κ3) is 3.44. The first-order chi connectivity index (χ1) is 10.7. The van der Waals surface area contributed by atoms with E-state index in [2.05, 4.69) is 29.1 Å². The van der Waals surface area contributed by atoms with Crippen LogP contribution in [0.4, 0.5) is 4.79 Å². The molecule has 2 fully saturated rings. The minimum absolute atomic E-state index is 0.0933. The summed E-state index contributed by atoms with van der Waals surface area (Å²) in [6, 6.07) is 4.57. The Hall–Kier alpha value is -0.720. The molecular formula is C16H24N2O2S2. The van der Waals surface area contributed by atoms with Crippen LogP contribution in [-0.4, -0.2) is 48.2 Å². The number of hydrogen-bond donors (Lipinski definition) is 1. The van der Waals surface area contributed by atoms with Gasteiger partial charge in [0.1, 0.15) is 0 Å². The van der Waals surface area contributed by atoms with Crippen molar-refractivity contribution in [3.8, 4) is 0 Å². The molecule has 122 valence electrons. The number of likely N-dealkylation sites (tertiary alicyclic amines) is 1. The lowest BCUT2D eigenvalue weighted by atomic mass is 9.99. The van der Waals surface area contributed by atoms with Gasteiger partial charge in [-0.2, -0.15) is 11.8 Å². The predicted molar refractivity (Wildman–Crippen MR) is 92.7 cm³/mol. The van der Waals surface area contributed by atoms with Crippen LogP contribution in [0.2, 0.25) is 0 Å². The van der Waals surface area contributed by atoms with Crippen molar-refractivity contribution in [3.63, 3.8) is 0 Å². The lowest BCUT2D eigenvalue weighted by Crippen LogP contribution is -2.48. The number of thiophene rings is 1. The standard InChI is InChI=1S/C16H24N2O2S2/c1-21-16(6-9-20-10-7-16)12-17-15(19)18-8-2-4-13(18)14-5-3-11-22-14/h3,5,11,13H,2,4,6-10,12H2,1H3,(H,17,19)/t13-/m0/s1. The van der Waals surface area contributed by atoms with E-state index >= 15 is 0 Å². The zero-order valence-corrected chi connectivity index (χ0v) is 14.7. The Morgan fingerprint density at radius 3 is 3.05 bits per heavy atom. The Labute approximate surface area is 140 Å². The first-order valence-electron chi connectivity index (χ1n) is 7.95. The van der Waals surface area contributed by atoms with E-state index < -0.39 is 0 Å². The first-order valence-corrected chi connectivity index (χ1v) is 10.1. The molecule has 0 unspecified atom stereocenters. The van der Waals surface area contributed by atoms with Gasteiger partial charge in [0.2, 0.25) is 0 Å². The fourth-order valence-electron chi connectivity index (χ4n) is 3.32. The van der Waals surface area contributed by atoms with Gasteiger partial charge in [0, 0.05) is 35.9 Å². The summed E-state index contributed by atoms with van der Waals surface area (Å²) in [6.45, 7) is 3.21. The second kappa shape index (κ2) is 7.23. The molecule has 0 aromatic carbocycles. The van der Waals surface area contributed by atoms with E-state index in [1.54, 1.807) is 11.3 Å². The normalized spacial score (nSPS) is 24.4. The van der Waals surface area contributed by atoms with Crippen LogP contribution in [0.25, 0.3) is 0 Å². The van der Waals surface area contributed by atoms with Gasteiger partial charge in [-0.25, -0.2) is 4.79 Å². The molecule has 0 spiro atoms. The van der Waals surface area contributed by atoms with Crippen LogP contribution in [0, 0.1) is 0 Å². The number of thioether (sulfide) groups is 1. The van der Waals surface area contributed by atoms with E-state index in [1.165, 1.54) is 4.88 Å². The number of ether oxygens (including phenoxy) is 1. The molecule has 1 aromatic rings. The monoisotopic (exact) mass is 340 g/mol. The van der Waals surface area contributed by atoms with Gasteiger partial charge in [0.15, 0.2) is 0 Å². The zero-order valence-electron chi connectivity index (χ0n) is 13.0. The molecule has 2 saturated heterocycles. The third-order valence-electron chi connectivity index (χ3n) is 4.78. The predicted octanol–water partition coefficient (Wildman–Crippen LogP) is 3.51. The first kappa shape index (κ1) is 16.1. The van der Waals surface area contributed by atoms with Crippen molar-refractivity contribution >= 4 is 29.1 Å². The number of rotatable bonds is 4. The summed E-state index contributed by atoms with van der Waals surface area (Å²) in [5, 5.41) is 5.28. The number of amides is 2. The van der Waals surface area contributed by atoms with Gasteiger partial charge in [-0.3, -0.25) is 0 Å². The van der Waals surface area contributed by atoms with Gasteiger partial charge < -0.3 is 15.0 Å². The van der Waals surface area contributed by atoms with Crippen molar-refractivity contribution in [2.75, 3.05) is 32.6 Å². The molecule has 3 rings (SSSR count). The highest BCUT2D eigenvalue weighted by Crippen LogP contribution is 2.35.